The van der Waals surface area contributed by atoms with E-state index < -0.39 is 0 Å². The van der Waals surface area contributed by atoms with Crippen molar-refractivity contribution in [3.63, 3.8) is 0 Å². The maximum Gasteiger partial charge on any atom is 0.0956 e. The molecule has 0 spiro atoms. The lowest BCUT2D eigenvalue weighted by Gasteiger charge is -2.15. The first kappa shape index (κ1) is 17.0. The van der Waals surface area contributed by atoms with Crippen molar-refractivity contribution in [3.8, 4) is 11.3 Å². The molecule has 1 N–H and O–H groups in total. The number of aryl methyl sites for hydroxylation is 3. The van der Waals surface area contributed by atoms with Crippen LogP contribution < -0.4 is 5.32 Å². The molecule has 0 amide bonds. The Bertz CT molecular complexity index is 856. The minimum atomic E-state index is 0.556. The number of aromatic nitrogens is 4. The van der Waals surface area contributed by atoms with Crippen LogP contribution in [0.5, 0.6) is 0 Å². The summed E-state index contributed by atoms with van der Waals surface area (Å²) in [7, 11) is 0. The van der Waals surface area contributed by atoms with E-state index in [2.05, 4.69) is 69.9 Å². The Labute approximate surface area is 155 Å². The molecule has 3 aromatic rings. The van der Waals surface area contributed by atoms with Crippen LogP contribution in [0.3, 0.4) is 0 Å². The maximum atomic E-state index is 4.77. The molecule has 1 aliphatic rings. The molecule has 5 heteroatoms. The third kappa shape index (κ3) is 3.58. The summed E-state index contributed by atoms with van der Waals surface area (Å²) >= 11 is 0. The van der Waals surface area contributed by atoms with Crippen LogP contribution in [0.1, 0.15) is 29.9 Å². The fourth-order valence-corrected chi connectivity index (χ4v) is 3.93. The number of nitrogens with zero attached hydrogens (tertiary/aromatic N) is 4. The van der Waals surface area contributed by atoms with Gasteiger partial charge >= 0.3 is 0 Å². The van der Waals surface area contributed by atoms with Crippen LogP contribution >= 0.6 is 0 Å². The third-order valence-corrected chi connectivity index (χ3v) is 5.24. The molecule has 0 bridgehead atoms. The van der Waals surface area contributed by atoms with Gasteiger partial charge in [0.1, 0.15) is 0 Å². The molecule has 0 aliphatic carbocycles. The molecule has 136 valence electrons. The highest BCUT2D eigenvalue weighted by Gasteiger charge is 2.19. The minimum absolute atomic E-state index is 0.556. The van der Waals surface area contributed by atoms with Crippen molar-refractivity contribution < 1.29 is 0 Å². The van der Waals surface area contributed by atoms with Crippen LogP contribution in [0.2, 0.25) is 0 Å². The van der Waals surface area contributed by atoms with E-state index in [1.54, 1.807) is 0 Å². The Morgan fingerprint density at radius 2 is 2.04 bits per heavy atom. The van der Waals surface area contributed by atoms with Crippen molar-refractivity contribution in [2.45, 2.75) is 52.2 Å². The largest absolute Gasteiger partial charge is 0.332 e. The lowest BCUT2D eigenvalue weighted by molar-refractivity contribution is 0.489. The zero-order valence-corrected chi connectivity index (χ0v) is 15.7. The average Bonchev–Trinajstić information content (AvgIpc) is 3.36. The summed E-state index contributed by atoms with van der Waals surface area (Å²) in [5.41, 5.74) is 5.89. The lowest BCUT2D eigenvalue weighted by atomic mass is 10.1. The first-order chi connectivity index (χ1) is 12.7. The van der Waals surface area contributed by atoms with E-state index in [4.69, 9.17) is 4.98 Å². The highest BCUT2D eigenvalue weighted by molar-refractivity contribution is 5.61. The Morgan fingerprint density at radius 1 is 1.19 bits per heavy atom. The normalized spacial score (nSPS) is 17.1. The Kier molecular flexibility index (Phi) is 4.89. The summed E-state index contributed by atoms with van der Waals surface area (Å²) < 4.78 is 4.45. The van der Waals surface area contributed by atoms with Crippen molar-refractivity contribution in [2.75, 3.05) is 6.54 Å². The fourth-order valence-electron chi connectivity index (χ4n) is 3.93. The van der Waals surface area contributed by atoms with E-state index in [1.807, 2.05) is 6.33 Å². The van der Waals surface area contributed by atoms with Crippen LogP contribution in [-0.4, -0.2) is 31.9 Å². The summed E-state index contributed by atoms with van der Waals surface area (Å²) in [6, 6.07) is 13.2. The molecule has 4 rings (SSSR count). The van der Waals surface area contributed by atoms with Crippen molar-refractivity contribution in [1.82, 2.24) is 24.6 Å². The predicted octanol–water partition coefficient (Wildman–Crippen LogP) is 3.36. The van der Waals surface area contributed by atoms with Gasteiger partial charge in [0.15, 0.2) is 0 Å². The topological polar surface area (TPSA) is 47.7 Å². The molecule has 1 atom stereocenters. The molecule has 1 fully saturated rings. The second-order valence-corrected chi connectivity index (χ2v) is 7.25. The second-order valence-electron chi connectivity index (χ2n) is 7.25. The Balaban J connectivity index is 1.62. The molecular formula is C21H27N5. The van der Waals surface area contributed by atoms with Crippen molar-refractivity contribution in [1.29, 1.82) is 0 Å². The first-order valence-corrected chi connectivity index (χ1v) is 9.54. The maximum absolute atomic E-state index is 4.77. The van der Waals surface area contributed by atoms with Crippen LogP contribution in [0.15, 0.2) is 42.7 Å². The van der Waals surface area contributed by atoms with Gasteiger partial charge in [0.25, 0.3) is 0 Å². The van der Waals surface area contributed by atoms with Crippen molar-refractivity contribution in [2.24, 2.45) is 0 Å². The summed E-state index contributed by atoms with van der Waals surface area (Å²) in [6.45, 7) is 7.17. The number of benzene rings is 1. The smallest absolute Gasteiger partial charge is 0.0956 e. The van der Waals surface area contributed by atoms with Gasteiger partial charge in [-0.25, -0.2) is 4.98 Å². The Hall–Kier alpha value is -2.40. The van der Waals surface area contributed by atoms with Crippen LogP contribution in [-0.2, 0) is 19.5 Å². The molecule has 1 aromatic carbocycles. The van der Waals surface area contributed by atoms with Gasteiger partial charge in [-0.15, -0.1) is 0 Å². The standard InChI is InChI=1S/C21H27N5/c1-16-13-17(2)26(24-16)12-10-20-21(18-7-4-3-5-8-18)23-15-25(20)14-19-9-6-11-22-19/h3-5,7-8,13,15,19,22H,6,9-12,14H2,1-2H3/t19-/m1/s1. The quantitative estimate of drug-likeness (QED) is 0.742. The molecule has 2 aromatic heterocycles. The highest BCUT2D eigenvalue weighted by atomic mass is 15.3. The third-order valence-electron chi connectivity index (χ3n) is 5.24. The predicted molar refractivity (Wildman–Crippen MR) is 104 cm³/mol. The number of hydrogen-bond donors (Lipinski definition) is 1. The number of nitrogens with one attached hydrogen (secondary N) is 1. The zero-order chi connectivity index (χ0) is 17.9. The van der Waals surface area contributed by atoms with Gasteiger partial charge in [-0.1, -0.05) is 30.3 Å². The van der Waals surface area contributed by atoms with Crippen molar-refractivity contribution >= 4 is 0 Å². The molecular weight excluding hydrogens is 322 g/mol. The van der Waals surface area contributed by atoms with Crippen molar-refractivity contribution in [3.05, 3.63) is 59.8 Å². The van der Waals surface area contributed by atoms with Gasteiger partial charge in [0.2, 0.25) is 0 Å². The lowest BCUT2D eigenvalue weighted by Crippen LogP contribution is -2.27. The molecule has 1 saturated heterocycles. The molecule has 0 saturated carbocycles. The average molecular weight is 349 g/mol. The van der Waals surface area contributed by atoms with Gasteiger partial charge in [-0.05, 0) is 39.3 Å². The van der Waals surface area contributed by atoms with Gasteiger partial charge < -0.3 is 9.88 Å². The summed E-state index contributed by atoms with van der Waals surface area (Å²) in [5, 5.41) is 8.22. The molecule has 1 aliphatic heterocycles. The van der Waals surface area contributed by atoms with E-state index in [1.165, 1.54) is 29.8 Å². The van der Waals surface area contributed by atoms with Crippen LogP contribution in [0, 0.1) is 13.8 Å². The zero-order valence-electron chi connectivity index (χ0n) is 15.7. The van der Waals surface area contributed by atoms with E-state index in [-0.39, 0.29) is 0 Å². The van der Waals surface area contributed by atoms with Gasteiger partial charge in [0, 0.05) is 42.5 Å². The van der Waals surface area contributed by atoms with Gasteiger partial charge in [-0.3, -0.25) is 4.68 Å². The van der Waals surface area contributed by atoms with Crippen LogP contribution in [0.25, 0.3) is 11.3 Å². The summed E-state index contributed by atoms with van der Waals surface area (Å²) in [4.78, 5) is 4.77. The molecule has 5 nitrogen and oxygen atoms in total. The first-order valence-electron chi connectivity index (χ1n) is 9.54. The van der Waals surface area contributed by atoms with Gasteiger partial charge in [0.05, 0.1) is 17.7 Å². The van der Waals surface area contributed by atoms with E-state index in [9.17, 15) is 0 Å². The second kappa shape index (κ2) is 7.46. The van der Waals surface area contributed by atoms with E-state index >= 15 is 0 Å². The van der Waals surface area contributed by atoms with Gasteiger partial charge in [-0.2, -0.15) is 5.10 Å². The van der Waals surface area contributed by atoms with Crippen LogP contribution in [0.4, 0.5) is 0 Å². The molecule has 0 unspecified atom stereocenters. The fraction of sp³-hybridized carbons (Fsp3) is 0.429. The molecule has 26 heavy (non-hydrogen) atoms. The van der Waals surface area contributed by atoms with E-state index in [0.717, 1.165) is 37.4 Å². The number of imidazole rings is 1. The SMILES string of the molecule is Cc1cc(C)n(CCc2c(-c3ccccc3)ncn2C[C@H]2CCCN2)n1. The monoisotopic (exact) mass is 349 g/mol. The minimum Gasteiger partial charge on any atom is -0.332 e. The summed E-state index contributed by atoms with van der Waals surface area (Å²) in [5.74, 6) is 0. The molecule has 0 radical (unpaired) electrons. The summed E-state index contributed by atoms with van der Waals surface area (Å²) in [6.07, 6.45) is 5.46. The Morgan fingerprint density at radius 3 is 2.73 bits per heavy atom. The number of hydrogen-bond acceptors (Lipinski definition) is 3. The van der Waals surface area contributed by atoms with E-state index in [0.29, 0.717) is 6.04 Å². The molecule has 3 heterocycles. The number of rotatable bonds is 6. The highest BCUT2D eigenvalue weighted by Crippen LogP contribution is 2.24.